The summed E-state index contributed by atoms with van der Waals surface area (Å²) in [7, 11) is 3.29. The Morgan fingerprint density at radius 2 is 1.77 bits per heavy atom. The molecule has 4 rings (SSSR count). The number of carbonyl (C=O) groups excluding carboxylic acids is 1. The SMILES string of the molecule is COc1ccc(-c2cc(NC(=O)CCCc3c[nH]c4ccccc34)ccc2OC)cc1. The molecular formula is C26H26N2O3. The normalized spacial score (nSPS) is 10.8. The number of methoxy groups -OCH3 is 2. The lowest BCUT2D eigenvalue weighted by Gasteiger charge is -2.12. The molecule has 4 aromatic rings. The van der Waals surface area contributed by atoms with Crippen molar-refractivity contribution in [3.05, 3.63) is 78.5 Å². The third kappa shape index (κ3) is 4.72. The Labute approximate surface area is 182 Å². The summed E-state index contributed by atoms with van der Waals surface area (Å²) < 4.78 is 10.7. The van der Waals surface area contributed by atoms with Crippen molar-refractivity contribution in [1.82, 2.24) is 4.98 Å². The molecule has 0 saturated heterocycles. The van der Waals surface area contributed by atoms with Gasteiger partial charge in [0.15, 0.2) is 0 Å². The molecule has 3 aromatic carbocycles. The molecule has 1 aromatic heterocycles. The van der Waals surface area contributed by atoms with E-state index in [0.29, 0.717) is 6.42 Å². The first-order chi connectivity index (χ1) is 15.2. The van der Waals surface area contributed by atoms with Gasteiger partial charge in [0.2, 0.25) is 5.91 Å². The van der Waals surface area contributed by atoms with Gasteiger partial charge < -0.3 is 19.8 Å². The fourth-order valence-electron chi connectivity index (χ4n) is 3.78. The number of aryl methyl sites for hydroxylation is 1. The fraction of sp³-hybridized carbons (Fsp3) is 0.192. The first-order valence-corrected chi connectivity index (χ1v) is 10.4. The van der Waals surface area contributed by atoms with E-state index < -0.39 is 0 Å². The van der Waals surface area contributed by atoms with Gasteiger partial charge in [0.05, 0.1) is 14.2 Å². The van der Waals surface area contributed by atoms with Gasteiger partial charge in [-0.05, 0) is 60.4 Å². The number of nitrogens with one attached hydrogen (secondary N) is 2. The highest BCUT2D eigenvalue weighted by atomic mass is 16.5. The molecule has 0 unspecified atom stereocenters. The van der Waals surface area contributed by atoms with E-state index in [-0.39, 0.29) is 5.91 Å². The van der Waals surface area contributed by atoms with Crippen molar-refractivity contribution in [3.63, 3.8) is 0 Å². The number of rotatable bonds is 8. The lowest BCUT2D eigenvalue weighted by Crippen LogP contribution is -2.11. The van der Waals surface area contributed by atoms with Crippen LogP contribution in [0.25, 0.3) is 22.0 Å². The number of anilines is 1. The Kier molecular flexibility index (Phi) is 6.22. The predicted octanol–water partition coefficient (Wildman–Crippen LogP) is 5.81. The molecule has 0 atom stereocenters. The van der Waals surface area contributed by atoms with Gasteiger partial charge in [0, 0.05) is 34.8 Å². The van der Waals surface area contributed by atoms with Crippen LogP contribution in [0.5, 0.6) is 11.5 Å². The van der Waals surface area contributed by atoms with Gasteiger partial charge in [-0.2, -0.15) is 0 Å². The number of aromatic nitrogens is 1. The molecule has 1 heterocycles. The second-order valence-electron chi connectivity index (χ2n) is 7.40. The smallest absolute Gasteiger partial charge is 0.224 e. The van der Waals surface area contributed by atoms with Gasteiger partial charge in [-0.1, -0.05) is 30.3 Å². The Morgan fingerprint density at radius 1 is 0.968 bits per heavy atom. The Morgan fingerprint density at radius 3 is 2.55 bits per heavy atom. The minimum atomic E-state index is 0.00527. The highest BCUT2D eigenvalue weighted by Crippen LogP contribution is 2.33. The maximum absolute atomic E-state index is 12.5. The highest BCUT2D eigenvalue weighted by Gasteiger charge is 2.10. The van der Waals surface area contributed by atoms with Crippen LogP contribution in [0.2, 0.25) is 0 Å². The number of hydrogen-bond donors (Lipinski definition) is 2. The van der Waals surface area contributed by atoms with Crippen LogP contribution in [0.4, 0.5) is 5.69 Å². The topological polar surface area (TPSA) is 63.3 Å². The quantitative estimate of drug-likeness (QED) is 0.382. The van der Waals surface area contributed by atoms with Gasteiger partial charge >= 0.3 is 0 Å². The molecule has 0 bridgehead atoms. The number of carbonyl (C=O) groups is 1. The van der Waals surface area contributed by atoms with Crippen LogP contribution in [-0.4, -0.2) is 25.1 Å². The summed E-state index contributed by atoms with van der Waals surface area (Å²) in [6, 6.07) is 21.7. The van der Waals surface area contributed by atoms with Gasteiger partial charge in [0.25, 0.3) is 0 Å². The molecule has 1 amide bonds. The second-order valence-corrected chi connectivity index (χ2v) is 7.40. The van der Waals surface area contributed by atoms with Crippen molar-refractivity contribution in [2.24, 2.45) is 0 Å². The number of fused-ring (bicyclic) bond motifs is 1. The number of benzene rings is 3. The van der Waals surface area contributed by atoms with Crippen molar-refractivity contribution in [1.29, 1.82) is 0 Å². The summed E-state index contributed by atoms with van der Waals surface area (Å²) in [6.45, 7) is 0. The first-order valence-electron chi connectivity index (χ1n) is 10.4. The van der Waals surface area contributed by atoms with Crippen molar-refractivity contribution in [3.8, 4) is 22.6 Å². The summed E-state index contributed by atoms with van der Waals surface area (Å²) in [5, 5.41) is 4.24. The zero-order chi connectivity index (χ0) is 21.6. The highest BCUT2D eigenvalue weighted by molar-refractivity contribution is 5.92. The molecule has 0 radical (unpaired) electrons. The van der Waals surface area contributed by atoms with E-state index in [1.807, 2.05) is 60.8 Å². The largest absolute Gasteiger partial charge is 0.497 e. The number of amides is 1. The lowest BCUT2D eigenvalue weighted by atomic mass is 10.0. The Bertz CT molecular complexity index is 1180. The molecule has 31 heavy (non-hydrogen) atoms. The Hall–Kier alpha value is -3.73. The molecular weight excluding hydrogens is 388 g/mol. The number of hydrogen-bond acceptors (Lipinski definition) is 3. The van der Waals surface area contributed by atoms with Gasteiger partial charge in [0.1, 0.15) is 11.5 Å². The summed E-state index contributed by atoms with van der Waals surface area (Å²) in [5.74, 6) is 1.55. The average Bonchev–Trinajstić information content (AvgIpc) is 3.22. The van der Waals surface area contributed by atoms with Crippen LogP contribution in [0, 0.1) is 0 Å². The third-order valence-electron chi connectivity index (χ3n) is 5.41. The summed E-state index contributed by atoms with van der Waals surface area (Å²) in [6.07, 6.45) is 4.14. The van der Waals surface area contributed by atoms with Crippen LogP contribution in [0.3, 0.4) is 0 Å². The van der Waals surface area contributed by atoms with E-state index in [2.05, 4.69) is 22.4 Å². The van der Waals surface area contributed by atoms with E-state index in [1.54, 1.807) is 14.2 Å². The maximum atomic E-state index is 12.5. The molecule has 158 valence electrons. The lowest BCUT2D eigenvalue weighted by molar-refractivity contribution is -0.116. The monoisotopic (exact) mass is 414 g/mol. The van der Waals surface area contributed by atoms with E-state index >= 15 is 0 Å². The van der Waals surface area contributed by atoms with Crippen molar-refractivity contribution >= 4 is 22.5 Å². The van der Waals surface area contributed by atoms with E-state index in [4.69, 9.17) is 9.47 Å². The molecule has 0 aliphatic carbocycles. The van der Waals surface area contributed by atoms with Crippen molar-refractivity contribution < 1.29 is 14.3 Å². The molecule has 0 fully saturated rings. The standard InChI is InChI=1S/C26H26N2O3/c1-30-21-13-10-18(11-14-21)23-16-20(12-15-25(23)31-2)28-26(29)9-5-6-19-17-27-24-8-4-3-7-22(19)24/h3-4,7-8,10-17,27H,5-6,9H2,1-2H3,(H,28,29). The number of aromatic amines is 1. The molecule has 0 spiro atoms. The van der Waals surface area contributed by atoms with Gasteiger partial charge in [-0.15, -0.1) is 0 Å². The molecule has 2 N–H and O–H groups in total. The van der Waals surface area contributed by atoms with E-state index in [0.717, 1.165) is 46.7 Å². The first kappa shape index (κ1) is 20.5. The minimum absolute atomic E-state index is 0.00527. The van der Waals surface area contributed by atoms with Crippen molar-refractivity contribution in [2.45, 2.75) is 19.3 Å². The van der Waals surface area contributed by atoms with Crippen LogP contribution >= 0.6 is 0 Å². The molecule has 5 heteroatoms. The van der Waals surface area contributed by atoms with Gasteiger partial charge in [-0.3, -0.25) is 4.79 Å². The summed E-state index contributed by atoms with van der Waals surface area (Å²) in [5.41, 5.74) is 5.04. The predicted molar refractivity (Wildman–Crippen MR) is 125 cm³/mol. The van der Waals surface area contributed by atoms with Crippen LogP contribution < -0.4 is 14.8 Å². The third-order valence-corrected chi connectivity index (χ3v) is 5.41. The number of ether oxygens (including phenoxy) is 2. The zero-order valence-corrected chi connectivity index (χ0v) is 17.8. The zero-order valence-electron chi connectivity index (χ0n) is 17.8. The summed E-state index contributed by atoms with van der Waals surface area (Å²) in [4.78, 5) is 15.8. The van der Waals surface area contributed by atoms with Crippen LogP contribution in [-0.2, 0) is 11.2 Å². The van der Waals surface area contributed by atoms with E-state index in [1.165, 1.54) is 10.9 Å². The second kappa shape index (κ2) is 9.39. The molecule has 0 saturated carbocycles. The number of para-hydroxylation sites is 1. The van der Waals surface area contributed by atoms with Gasteiger partial charge in [-0.25, -0.2) is 0 Å². The number of H-pyrrole nitrogens is 1. The molecule has 0 aliphatic heterocycles. The van der Waals surface area contributed by atoms with E-state index in [9.17, 15) is 4.79 Å². The van der Waals surface area contributed by atoms with Crippen LogP contribution in [0.15, 0.2) is 72.9 Å². The average molecular weight is 415 g/mol. The summed E-state index contributed by atoms with van der Waals surface area (Å²) >= 11 is 0. The molecule has 0 aliphatic rings. The maximum Gasteiger partial charge on any atom is 0.224 e. The Balaban J connectivity index is 1.40. The van der Waals surface area contributed by atoms with Crippen LogP contribution in [0.1, 0.15) is 18.4 Å². The van der Waals surface area contributed by atoms with Crippen molar-refractivity contribution in [2.75, 3.05) is 19.5 Å². The fourth-order valence-corrected chi connectivity index (χ4v) is 3.78. The molecule has 5 nitrogen and oxygen atoms in total. The minimum Gasteiger partial charge on any atom is -0.497 e.